The number of hydrogen-bond acceptors (Lipinski definition) is 2. The van der Waals surface area contributed by atoms with Crippen molar-refractivity contribution < 1.29 is 44.3 Å². The van der Waals surface area contributed by atoms with Crippen LogP contribution in [0.5, 0.6) is 0 Å². The Labute approximate surface area is 176 Å². The van der Waals surface area contributed by atoms with Crippen LogP contribution in [-0.2, 0) is 23.3 Å². The second-order valence-electron chi connectivity index (χ2n) is 6.46. The minimum atomic E-state index is -4.92. The number of carbonyl (C=O) groups is 1. The van der Waals surface area contributed by atoms with Crippen molar-refractivity contribution in [1.82, 2.24) is 0 Å². The minimum Gasteiger partial charge on any atom is -0.360 e. The van der Waals surface area contributed by atoms with Crippen molar-refractivity contribution in [3.05, 3.63) is 71.4 Å². The van der Waals surface area contributed by atoms with E-state index in [1.807, 2.05) is 5.32 Å². The maximum atomic E-state index is 12.4. The van der Waals surface area contributed by atoms with E-state index in [9.17, 15) is 44.3 Å². The van der Waals surface area contributed by atoms with Gasteiger partial charge < -0.3 is 10.6 Å². The highest BCUT2D eigenvalue weighted by molar-refractivity contribution is 5.88. The molecule has 3 nitrogen and oxygen atoms in total. The highest BCUT2D eigenvalue weighted by Gasteiger charge is 2.37. The first-order chi connectivity index (χ1) is 14.4. The molecule has 0 saturated heterocycles. The van der Waals surface area contributed by atoms with Crippen molar-refractivity contribution in [2.45, 2.75) is 32.4 Å². The topological polar surface area (TPSA) is 41.1 Å². The van der Waals surface area contributed by atoms with Crippen LogP contribution >= 0.6 is 0 Å². The van der Waals surface area contributed by atoms with Gasteiger partial charge >= 0.3 is 18.5 Å². The molecule has 0 aromatic heterocycles. The van der Waals surface area contributed by atoms with Crippen molar-refractivity contribution in [2.75, 3.05) is 10.6 Å². The first-order valence-electron chi connectivity index (χ1n) is 8.56. The number of nitrogens with one attached hydrogen (secondary N) is 2. The highest BCUT2D eigenvalue weighted by Crippen LogP contribution is 2.37. The molecule has 32 heavy (non-hydrogen) atoms. The van der Waals surface area contributed by atoms with Crippen LogP contribution in [0.25, 0.3) is 0 Å². The molecule has 0 bridgehead atoms. The molecule has 176 valence electrons. The molecule has 12 heteroatoms. The second kappa shape index (κ2) is 9.96. The van der Waals surface area contributed by atoms with E-state index in [0.29, 0.717) is 23.5 Å². The van der Waals surface area contributed by atoms with Gasteiger partial charge in [0.2, 0.25) is 5.91 Å². The van der Waals surface area contributed by atoms with Crippen LogP contribution < -0.4 is 10.6 Å². The molecule has 0 atom stereocenters. The largest absolute Gasteiger partial charge is 0.416 e. The average molecular weight is 472 g/mol. The van der Waals surface area contributed by atoms with Crippen LogP contribution in [-0.4, -0.2) is 5.91 Å². The van der Waals surface area contributed by atoms with Crippen LogP contribution in [0.2, 0.25) is 0 Å². The predicted molar refractivity (Wildman–Crippen MR) is 101 cm³/mol. The summed E-state index contributed by atoms with van der Waals surface area (Å²) in [6.07, 6.45) is -14.1. The molecular formula is C20H17F9N2O. The predicted octanol–water partition coefficient (Wildman–Crippen LogP) is 7.33. The first kappa shape index (κ1) is 26.9. The number of alkyl halides is 9. The summed E-state index contributed by atoms with van der Waals surface area (Å²) in [6.45, 7) is 6.21. The summed E-state index contributed by atoms with van der Waals surface area (Å²) in [7, 11) is 0. The molecule has 0 saturated carbocycles. The number of hydrogen-bond donors (Lipinski definition) is 2. The van der Waals surface area contributed by atoms with Crippen molar-refractivity contribution in [3.8, 4) is 0 Å². The fraction of sp³-hybridized carbons (Fsp3) is 0.250. The fourth-order valence-corrected chi connectivity index (χ4v) is 2.25. The third-order valence-corrected chi connectivity index (χ3v) is 3.46. The van der Waals surface area contributed by atoms with Gasteiger partial charge in [-0.2, -0.15) is 39.5 Å². The zero-order valence-corrected chi connectivity index (χ0v) is 16.6. The summed E-state index contributed by atoms with van der Waals surface area (Å²) in [4.78, 5) is 10.7. The smallest absolute Gasteiger partial charge is 0.360 e. The van der Waals surface area contributed by atoms with E-state index in [1.54, 1.807) is 13.0 Å². The molecule has 2 N–H and O–H groups in total. The molecule has 2 aromatic carbocycles. The Morgan fingerprint density at radius 3 is 1.50 bits per heavy atom. The van der Waals surface area contributed by atoms with Gasteiger partial charge in [-0.05, 0) is 43.3 Å². The summed E-state index contributed by atoms with van der Waals surface area (Å²) in [5.74, 6) is -0.762. The number of rotatable bonds is 3. The van der Waals surface area contributed by atoms with Gasteiger partial charge in [-0.1, -0.05) is 12.6 Å². The molecule has 0 unspecified atom stereocenters. The Morgan fingerprint density at radius 2 is 1.12 bits per heavy atom. The lowest BCUT2D eigenvalue weighted by Gasteiger charge is -2.14. The quantitative estimate of drug-likeness (QED) is 0.459. The van der Waals surface area contributed by atoms with E-state index in [2.05, 4.69) is 11.9 Å². The molecular weight excluding hydrogens is 455 g/mol. The Kier molecular flexibility index (Phi) is 8.36. The third kappa shape index (κ3) is 8.90. The van der Waals surface area contributed by atoms with Gasteiger partial charge in [-0.15, -0.1) is 0 Å². The monoisotopic (exact) mass is 472 g/mol. The van der Waals surface area contributed by atoms with Crippen molar-refractivity contribution in [1.29, 1.82) is 0 Å². The maximum absolute atomic E-state index is 12.4. The lowest BCUT2D eigenvalue weighted by Crippen LogP contribution is -2.13. The van der Waals surface area contributed by atoms with E-state index in [-0.39, 0.29) is 6.07 Å². The van der Waals surface area contributed by atoms with E-state index in [4.69, 9.17) is 0 Å². The fourth-order valence-electron chi connectivity index (χ4n) is 2.25. The lowest BCUT2D eigenvalue weighted by atomic mass is 10.1. The molecule has 0 fully saturated rings. The molecule has 2 aromatic rings. The molecule has 0 radical (unpaired) electrons. The standard InChI is InChI=1S/C10H7F6NO.C10H10F3N/c1-5(18)17-8-3-6(9(11,12)13)2-7(4-8)10(14,15)16;1-7(2)14-9-5-3-4-8(6-9)10(11,12)13/h2-4H,1H3,(H,17,18);3-6,14H,1H2,2H3. The molecule has 0 aliphatic heterocycles. The van der Waals surface area contributed by atoms with Gasteiger partial charge in [-0.3, -0.25) is 4.79 Å². The normalized spacial score (nSPS) is 11.8. The zero-order chi connectivity index (χ0) is 24.9. The second-order valence-corrected chi connectivity index (χ2v) is 6.46. The van der Waals surface area contributed by atoms with Gasteiger partial charge in [0.25, 0.3) is 0 Å². The zero-order valence-electron chi connectivity index (χ0n) is 16.6. The van der Waals surface area contributed by atoms with Crippen LogP contribution in [0.15, 0.2) is 54.7 Å². The first-order valence-corrected chi connectivity index (χ1v) is 8.56. The van der Waals surface area contributed by atoms with Crippen LogP contribution in [0.3, 0.4) is 0 Å². The Hall–Kier alpha value is -3.18. The Morgan fingerprint density at radius 1 is 0.688 bits per heavy atom. The average Bonchev–Trinajstić information content (AvgIpc) is 2.59. The molecule has 0 heterocycles. The van der Waals surface area contributed by atoms with Crippen molar-refractivity contribution >= 4 is 17.3 Å². The minimum absolute atomic E-state index is 0.00861. The molecule has 0 aliphatic rings. The molecule has 0 spiro atoms. The SMILES string of the molecule is C=C(C)Nc1cccc(C(F)(F)F)c1.CC(=O)Nc1cc(C(F)(F)F)cc(C(F)(F)F)c1. The number of anilines is 2. The Bertz CT molecular complexity index is 929. The van der Waals surface area contributed by atoms with Gasteiger partial charge in [0.1, 0.15) is 0 Å². The lowest BCUT2D eigenvalue weighted by molar-refractivity contribution is -0.143. The molecule has 1 amide bonds. The van der Waals surface area contributed by atoms with E-state index in [1.165, 1.54) is 6.07 Å². The summed E-state index contributed by atoms with van der Waals surface area (Å²) < 4.78 is 111. The van der Waals surface area contributed by atoms with Crippen LogP contribution in [0.1, 0.15) is 30.5 Å². The van der Waals surface area contributed by atoms with Gasteiger partial charge in [0.15, 0.2) is 0 Å². The van der Waals surface area contributed by atoms with E-state index >= 15 is 0 Å². The highest BCUT2D eigenvalue weighted by atomic mass is 19.4. The number of allylic oxidation sites excluding steroid dienone is 1. The summed E-state index contributed by atoms with van der Waals surface area (Å²) >= 11 is 0. The number of halogens is 9. The summed E-state index contributed by atoms with van der Waals surface area (Å²) in [6, 6.07) is 5.87. The number of benzene rings is 2. The maximum Gasteiger partial charge on any atom is 0.416 e. The van der Waals surface area contributed by atoms with Gasteiger partial charge in [0, 0.05) is 24.0 Å². The summed E-state index contributed by atoms with van der Waals surface area (Å²) in [5.41, 5.74) is -3.16. The Balaban J connectivity index is 0.000000330. The molecule has 2 rings (SSSR count). The van der Waals surface area contributed by atoms with Crippen LogP contribution in [0.4, 0.5) is 50.9 Å². The number of amides is 1. The summed E-state index contributed by atoms with van der Waals surface area (Å²) in [5, 5.41) is 4.61. The van der Waals surface area contributed by atoms with Crippen molar-refractivity contribution in [2.24, 2.45) is 0 Å². The van der Waals surface area contributed by atoms with E-state index < -0.39 is 46.8 Å². The van der Waals surface area contributed by atoms with Crippen LogP contribution in [0, 0.1) is 0 Å². The van der Waals surface area contributed by atoms with Gasteiger partial charge in [0.05, 0.1) is 16.7 Å². The van der Waals surface area contributed by atoms with Crippen molar-refractivity contribution in [3.63, 3.8) is 0 Å². The molecule has 0 aliphatic carbocycles. The third-order valence-electron chi connectivity index (χ3n) is 3.46. The number of carbonyl (C=O) groups excluding carboxylic acids is 1. The van der Waals surface area contributed by atoms with E-state index in [0.717, 1.165) is 19.1 Å². The van der Waals surface area contributed by atoms with Gasteiger partial charge in [-0.25, -0.2) is 0 Å².